The second-order valence-electron chi connectivity index (χ2n) is 2.91. The van der Waals surface area contributed by atoms with Gasteiger partial charge in [0.1, 0.15) is 6.23 Å². The maximum absolute atomic E-state index is 8.62. The molecule has 0 aromatic heterocycles. The van der Waals surface area contributed by atoms with E-state index in [2.05, 4.69) is 12.0 Å². The summed E-state index contributed by atoms with van der Waals surface area (Å²) in [7, 11) is -2.02. The third kappa shape index (κ3) is 3.45. The number of nitrogens with one attached hydrogen (secondary N) is 1. The fourth-order valence-electron chi connectivity index (χ4n) is 1.18. The Hall–Kier alpha value is 0.270. The molecule has 0 aromatic rings. The average molecular weight is 179 g/mol. The van der Waals surface area contributed by atoms with E-state index in [1.165, 1.54) is 0 Å². The van der Waals surface area contributed by atoms with E-state index in [1.54, 1.807) is 0 Å². The zero-order valence-electron chi connectivity index (χ0n) is 6.53. The molecular formula is C6H14NO3P. The second-order valence-corrected chi connectivity index (χ2v) is 3.74. The molecule has 11 heavy (non-hydrogen) atoms. The van der Waals surface area contributed by atoms with Gasteiger partial charge in [0, 0.05) is 6.61 Å². The van der Waals surface area contributed by atoms with Crippen LogP contribution in [0.25, 0.3) is 0 Å². The number of hydrogen-bond acceptors (Lipinski definition) is 4. The van der Waals surface area contributed by atoms with Crippen molar-refractivity contribution in [1.29, 1.82) is 0 Å². The lowest BCUT2D eigenvalue weighted by Gasteiger charge is -2.27. The summed E-state index contributed by atoms with van der Waals surface area (Å²) in [5.41, 5.74) is 0. The molecule has 0 spiro atoms. The zero-order valence-corrected chi connectivity index (χ0v) is 7.42. The summed E-state index contributed by atoms with van der Waals surface area (Å²) in [6.45, 7) is 2.84. The summed E-state index contributed by atoms with van der Waals surface area (Å²) < 4.78 is 5.24. The van der Waals surface area contributed by atoms with E-state index in [4.69, 9.17) is 14.5 Å². The van der Waals surface area contributed by atoms with Crippen molar-refractivity contribution in [3.05, 3.63) is 0 Å². The molecule has 3 N–H and O–H groups in total. The SMILES string of the molecule is CC1CCOC(NP(O)O)C1. The lowest BCUT2D eigenvalue weighted by atomic mass is 10.0. The van der Waals surface area contributed by atoms with E-state index >= 15 is 0 Å². The Morgan fingerprint density at radius 2 is 2.27 bits per heavy atom. The summed E-state index contributed by atoms with van der Waals surface area (Å²) in [6, 6.07) is 0. The Kier molecular flexibility index (Phi) is 3.69. The molecule has 1 saturated heterocycles. The fourth-order valence-corrected chi connectivity index (χ4v) is 1.62. The third-order valence-electron chi connectivity index (χ3n) is 1.81. The summed E-state index contributed by atoms with van der Waals surface area (Å²) in [6.07, 6.45) is 1.76. The van der Waals surface area contributed by atoms with E-state index in [1.807, 2.05) is 0 Å². The quantitative estimate of drug-likeness (QED) is 0.542. The molecule has 1 rings (SSSR count). The van der Waals surface area contributed by atoms with Gasteiger partial charge >= 0.3 is 0 Å². The van der Waals surface area contributed by atoms with Gasteiger partial charge in [-0.2, -0.15) is 0 Å². The normalized spacial score (nSPS) is 32.7. The molecule has 0 bridgehead atoms. The Morgan fingerprint density at radius 3 is 2.82 bits per heavy atom. The van der Waals surface area contributed by atoms with Gasteiger partial charge in [-0.15, -0.1) is 0 Å². The molecule has 0 aromatic carbocycles. The van der Waals surface area contributed by atoms with Gasteiger partial charge in [-0.1, -0.05) is 6.92 Å². The molecule has 2 atom stereocenters. The van der Waals surface area contributed by atoms with Crippen LogP contribution >= 0.6 is 8.53 Å². The van der Waals surface area contributed by atoms with Gasteiger partial charge in [-0.05, 0) is 18.8 Å². The minimum absolute atomic E-state index is 0.167. The van der Waals surface area contributed by atoms with E-state index < -0.39 is 8.53 Å². The Bertz CT molecular complexity index is 120. The van der Waals surface area contributed by atoms with Crippen molar-refractivity contribution in [3.63, 3.8) is 0 Å². The molecule has 4 nitrogen and oxygen atoms in total. The minimum Gasteiger partial charge on any atom is -0.363 e. The van der Waals surface area contributed by atoms with Gasteiger partial charge < -0.3 is 14.5 Å². The Balaban J connectivity index is 2.23. The van der Waals surface area contributed by atoms with Crippen LogP contribution in [0, 0.1) is 5.92 Å². The first-order valence-electron chi connectivity index (χ1n) is 3.74. The third-order valence-corrected chi connectivity index (χ3v) is 2.32. The predicted octanol–water partition coefficient (Wildman–Crippen LogP) is 0.560. The van der Waals surface area contributed by atoms with Crippen LogP contribution in [0.3, 0.4) is 0 Å². The van der Waals surface area contributed by atoms with Crippen molar-refractivity contribution in [2.24, 2.45) is 5.92 Å². The molecule has 0 aliphatic carbocycles. The van der Waals surface area contributed by atoms with E-state index in [0.29, 0.717) is 12.5 Å². The smallest absolute Gasteiger partial charge is 0.252 e. The highest BCUT2D eigenvalue weighted by Crippen LogP contribution is 2.24. The van der Waals surface area contributed by atoms with Gasteiger partial charge in [0.05, 0.1) is 0 Å². The van der Waals surface area contributed by atoms with Crippen molar-refractivity contribution in [3.8, 4) is 0 Å². The highest BCUT2D eigenvalue weighted by molar-refractivity contribution is 7.42. The van der Waals surface area contributed by atoms with Gasteiger partial charge in [-0.25, -0.2) is 5.09 Å². The molecule has 0 amide bonds. The van der Waals surface area contributed by atoms with Crippen LogP contribution in [0.5, 0.6) is 0 Å². The molecular weight excluding hydrogens is 165 g/mol. The minimum atomic E-state index is -2.02. The topological polar surface area (TPSA) is 61.7 Å². The molecule has 0 radical (unpaired) electrons. The summed E-state index contributed by atoms with van der Waals surface area (Å²) in [5, 5.41) is 2.57. The largest absolute Gasteiger partial charge is 0.363 e. The fraction of sp³-hybridized carbons (Fsp3) is 1.00. The Labute approximate surface area is 67.5 Å². The lowest BCUT2D eigenvalue weighted by Crippen LogP contribution is -2.34. The molecule has 2 unspecified atom stereocenters. The first-order valence-corrected chi connectivity index (χ1v) is 4.99. The van der Waals surface area contributed by atoms with Crippen LogP contribution in [-0.2, 0) is 4.74 Å². The maximum Gasteiger partial charge on any atom is 0.252 e. The maximum atomic E-state index is 8.62. The molecule has 1 fully saturated rings. The Morgan fingerprint density at radius 1 is 1.55 bits per heavy atom. The molecule has 0 saturated carbocycles. The number of hydrogen-bond donors (Lipinski definition) is 3. The van der Waals surface area contributed by atoms with Crippen LogP contribution in [0.1, 0.15) is 19.8 Å². The van der Waals surface area contributed by atoms with Gasteiger partial charge in [0.2, 0.25) is 0 Å². The molecule has 1 heterocycles. The lowest BCUT2D eigenvalue weighted by molar-refractivity contribution is -0.0129. The van der Waals surface area contributed by atoms with Crippen molar-refractivity contribution in [2.75, 3.05) is 6.61 Å². The molecule has 1 aliphatic rings. The van der Waals surface area contributed by atoms with Crippen molar-refractivity contribution < 1.29 is 14.5 Å². The van der Waals surface area contributed by atoms with Crippen LogP contribution in [0.15, 0.2) is 0 Å². The second kappa shape index (κ2) is 4.33. The van der Waals surface area contributed by atoms with Crippen LogP contribution in [-0.4, -0.2) is 22.6 Å². The molecule has 66 valence electrons. The van der Waals surface area contributed by atoms with Gasteiger partial charge in [-0.3, -0.25) is 0 Å². The predicted molar refractivity (Wildman–Crippen MR) is 42.6 cm³/mol. The number of rotatable bonds is 2. The summed E-state index contributed by atoms with van der Waals surface area (Å²) in [4.78, 5) is 17.2. The number of ether oxygens (including phenoxy) is 1. The van der Waals surface area contributed by atoms with Gasteiger partial charge in [0.25, 0.3) is 8.53 Å². The first-order chi connectivity index (χ1) is 5.18. The standard InChI is InChI=1S/C6H14NO3P/c1-5-2-3-10-6(4-5)7-11(8)9/h5-9H,2-4H2,1H3. The van der Waals surface area contributed by atoms with Crippen molar-refractivity contribution in [1.82, 2.24) is 5.09 Å². The van der Waals surface area contributed by atoms with Crippen molar-refractivity contribution in [2.45, 2.75) is 26.0 Å². The summed E-state index contributed by atoms with van der Waals surface area (Å²) in [5.74, 6) is 0.608. The van der Waals surface area contributed by atoms with E-state index in [9.17, 15) is 0 Å². The van der Waals surface area contributed by atoms with E-state index in [0.717, 1.165) is 12.8 Å². The van der Waals surface area contributed by atoms with Gasteiger partial charge in [0.15, 0.2) is 0 Å². The average Bonchev–Trinajstić information content (AvgIpc) is 1.85. The monoisotopic (exact) mass is 179 g/mol. The van der Waals surface area contributed by atoms with Crippen LogP contribution in [0.4, 0.5) is 0 Å². The van der Waals surface area contributed by atoms with Crippen LogP contribution in [0.2, 0.25) is 0 Å². The zero-order chi connectivity index (χ0) is 8.27. The molecule has 1 aliphatic heterocycles. The highest BCUT2D eigenvalue weighted by atomic mass is 31.2. The van der Waals surface area contributed by atoms with E-state index in [-0.39, 0.29) is 6.23 Å². The highest BCUT2D eigenvalue weighted by Gasteiger charge is 2.20. The molecule has 5 heteroatoms. The van der Waals surface area contributed by atoms with Crippen molar-refractivity contribution >= 4 is 8.53 Å². The summed E-state index contributed by atoms with van der Waals surface area (Å²) >= 11 is 0. The van der Waals surface area contributed by atoms with Crippen LogP contribution < -0.4 is 5.09 Å². The first kappa shape index (κ1) is 9.36.